The summed E-state index contributed by atoms with van der Waals surface area (Å²) in [5.41, 5.74) is 2.37. The molecule has 0 radical (unpaired) electrons. The van der Waals surface area contributed by atoms with Crippen LogP contribution in [0.15, 0.2) is 28.7 Å². The van der Waals surface area contributed by atoms with Gasteiger partial charge < -0.3 is 9.73 Å². The van der Waals surface area contributed by atoms with Crippen molar-refractivity contribution in [3.05, 3.63) is 40.9 Å². The minimum atomic E-state index is 0.754. The smallest absolute Gasteiger partial charge is 0.134 e. The predicted octanol–water partition coefficient (Wildman–Crippen LogP) is 2.86. The average Bonchev–Trinajstić information content (AvgIpc) is 2.56. The van der Waals surface area contributed by atoms with Gasteiger partial charge in [-0.05, 0) is 18.1 Å². The molecule has 0 saturated heterocycles. The summed E-state index contributed by atoms with van der Waals surface area (Å²) in [4.78, 5) is 0. The Labute approximate surface area is 76.5 Å². The van der Waals surface area contributed by atoms with Gasteiger partial charge in [0.05, 0.1) is 5.76 Å². The van der Waals surface area contributed by atoms with E-state index in [1.165, 1.54) is 10.9 Å². The molecule has 1 aromatic heterocycles. The number of fused-ring (bicyclic) bond motifs is 3. The summed E-state index contributed by atoms with van der Waals surface area (Å²) in [6.07, 6.45) is 1.03. The molecule has 2 aromatic rings. The maximum atomic E-state index is 5.70. The molecule has 0 spiro atoms. The Kier molecular flexibility index (Phi) is 1.43. The van der Waals surface area contributed by atoms with E-state index < -0.39 is 0 Å². The standard InChI is InChI=1S/C11H10NO/c1-2-4-10-8(3-1)9-5-6-12-7-11(9)13-10/h1-4H,5-7H2/q-1. The van der Waals surface area contributed by atoms with Crippen LogP contribution in [0.25, 0.3) is 16.3 Å². The molecule has 2 heterocycles. The summed E-state index contributed by atoms with van der Waals surface area (Å²) >= 11 is 0. The first-order valence-electron chi connectivity index (χ1n) is 4.58. The Balaban J connectivity index is 2.34. The van der Waals surface area contributed by atoms with E-state index in [-0.39, 0.29) is 0 Å². The third-order valence-electron chi connectivity index (χ3n) is 2.56. The average molecular weight is 172 g/mol. The van der Waals surface area contributed by atoms with E-state index in [4.69, 9.17) is 4.42 Å². The van der Waals surface area contributed by atoms with Crippen molar-refractivity contribution in [1.29, 1.82) is 0 Å². The van der Waals surface area contributed by atoms with E-state index in [0.717, 1.165) is 30.9 Å². The summed E-state index contributed by atoms with van der Waals surface area (Å²) in [5, 5.41) is 5.59. The van der Waals surface area contributed by atoms with Crippen molar-refractivity contribution in [2.45, 2.75) is 13.0 Å². The monoisotopic (exact) mass is 172 g/mol. The van der Waals surface area contributed by atoms with Gasteiger partial charge in [-0.1, -0.05) is 24.7 Å². The Morgan fingerprint density at radius 1 is 1.23 bits per heavy atom. The summed E-state index contributed by atoms with van der Waals surface area (Å²) in [5.74, 6) is 1.06. The van der Waals surface area contributed by atoms with Crippen LogP contribution in [0.3, 0.4) is 0 Å². The normalized spacial score (nSPS) is 16.0. The van der Waals surface area contributed by atoms with Crippen LogP contribution in [0.1, 0.15) is 11.3 Å². The number of hydrogen-bond acceptors (Lipinski definition) is 1. The first-order valence-corrected chi connectivity index (χ1v) is 4.58. The van der Waals surface area contributed by atoms with Gasteiger partial charge in [0.1, 0.15) is 5.58 Å². The lowest BCUT2D eigenvalue weighted by Gasteiger charge is -2.23. The number of nitrogens with zero attached hydrogens (tertiary/aromatic N) is 1. The molecule has 1 aliphatic rings. The van der Waals surface area contributed by atoms with Crippen molar-refractivity contribution in [1.82, 2.24) is 0 Å². The fraction of sp³-hybridized carbons (Fsp3) is 0.273. The van der Waals surface area contributed by atoms with Gasteiger partial charge in [0.15, 0.2) is 0 Å². The van der Waals surface area contributed by atoms with Gasteiger partial charge in [0.2, 0.25) is 0 Å². The molecule has 2 nitrogen and oxygen atoms in total. The summed E-state index contributed by atoms with van der Waals surface area (Å²) < 4.78 is 5.70. The molecule has 3 rings (SSSR count). The van der Waals surface area contributed by atoms with Crippen LogP contribution in [0, 0.1) is 0 Å². The van der Waals surface area contributed by atoms with Crippen molar-refractivity contribution in [3.8, 4) is 0 Å². The number of hydrogen-bond donors (Lipinski definition) is 0. The molecular formula is C11H10NO-. The minimum Gasteiger partial charge on any atom is -0.656 e. The van der Waals surface area contributed by atoms with E-state index in [2.05, 4.69) is 17.4 Å². The molecule has 0 amide bonds. The zero-order valence-corrected chi connectivity index (χ0v) is 7.29. The fourth-order valence-electron chi connectivity index (χ4n) is 1.92. The van der Waals surface area contributed by atoms with Crippen molar-refractivity contribution < 1.29 is 4.42 Å². The lowest BCUT2D eigenvalue weighted by atomic mass is 10.1. The van der Waals surface area contributed by atoms with Gasteiger partial charge >= 0.3 is 0 Å². The third-order valence-corrected chi connectivity index (χ3v) is 2.56. The first kappa shape index (κ1) is 7.15. The Morgan fingerprint density at radius 2 is 2.15 bits per heavy atom. The van der Waals surface area contributed by atoms with Gasteiger partial charge in [0.25, 0.3) is 0 Å². The van der Waals surface area contributed by atoms with Crippen molar-refractivity contribution in [2.24, 2.45) is 0 Å². The molecule has 2 heteroatoms. The maximum absolute atomic E-state index is 5.70. The second-order valence-electron chi connectivity index (χ2n) is 3.36. The molecule has 1 aromatic carbocycles. The Morgan fingerprint density at radius 3 is 3.15 bits per heavy atom. The Hall–Kier alpha value is -1.28. The fourth-order valence-corrected chi connectivity index (χ4v) is 1.92. The molecule has 0 unspecified atom stereocenters. The lowest BCUT2D eigenvalue weighted by Crippen LogP contribution is -2.01. The van der Waals surface area contributed by atoms with Crippen LogP contribution >= 0.6 is 0 Å². The largest absolute Gasteiger partial charge is 0.656 e. The summed E-state index contributed by atoms with van der Waals surface area (Å²) in [6, 6.07) is 8.22. The molecule has 0 atom stereocenters. The van der Waals surface area contributed by atoms with Crippen molar-refractivity contribution in [2.75, 3.05) is 6.54 Å². The second-order valence-corrected chi connectivity index (χ2v) is 3.36. The van der Waals surface area contributed by atoms with Crippen molar-refractivity contribution in [3.63, 3.8) is 0 Å². The maximum Gasteiger partial charge on any atom is 0.134 e. The molecular weight excluding hydrogens is 162 g/mol. The highest BCUT2D eigenvalue weighted by atomic mass is 16.3. The number of benzene rings is 1. The van der Waals surface area contributed by atoms with Crippen LogP contribution < -0.4 is 0 Å². The molecule has 0 N–H and O–H groups in total. The third kappa shape index (κ3) is 0.988. The van der Waals surface area contributed by atoms with E-state index in [9.17, 15) is 0 Å². The number of rotatable bonds is 0. The number of para-hydroxylation sites is 1. The van der Waals surface area contributed by atoms with Crippen LogP contribution in [0.4, 0.5) is 0 Å². The first-order chi connectivity index (χ1) is 6.45. The SMILES string of the molecule is c1ccc2c3c(oc2c1)C[N-]CC3. The van der Waals surface area contributed by atoms with Crippen molar-refractivity contribution >= 4 is 11.0 Å². The van der Waals surface area contributed by atoms with E-state index in [1.807, 2.05) is 12.1 Å². The highest BCUT2D eigenvalue weighted by molar-refractivity contribution is 5.82. The van der Waals surface area contributed by atoms with Crippen LogP contribution in [-0.4, -0.2) is 6.54 Å². The van der Waals surface area contributed by atoms with Gasteiger partial charge in [-0.25, -0.2) is 0 Å². The highest BCUT2D eigenvalue weighted by Crippen LogP contribution is 2.30. The van der Waals surface area contributed by atoms with Crippen LogP contribution in [0.5, 0.6) is 0 Å². The van der Waals surface area contributed by atoms with Gasteiger partial charge in [-0.2, -0.15) is 0 Å². The quantitative estimate of drug-likeness (QED) is 0.600. The summed E-state index contributed by atoms with van der Waals surface area (Å²) in [7, 11) is 0. The van der Waals surface area contributed by atoms with Crippen LogP contribution in [0.2, 0.25) is 0 Å². The molecule has 0 fully saturated rings. The van der Waals surface area contributed by atoms with E-state index in [1.54, 1.807) is 0 Å². The lowest BCUT2D eigenvalue weighted by molar-refractivity contribution is 0.545. The topological polar surface area (TPSA) is 27.2 Å². The van der Waals surface area contributed by atoms with Gasteiger partial charge in [-0.3, -0.25) is 0 Å². The zero-order valence-electron chi connectivity index (χ0n) is 7.29. The number of furan rings is 1. The van der Waals surface area contributed by atoms with E-state index in [0.29, 0.717) is 0 Å². The molecule has 66 valence electrons. The minimum absolute atomic E-state index is 0.754. The summed E-state index contributed by atoms with van der Waals surface area (Å²) in [6.45, 7) is 1.69. The molecule has 0 saturated carbocycles. The molecule has 1 aliphatic heterocycles. The molecule has 13 heavy (non-hydrogen) atoms. The second kappa shape index (κ2) is 2.60. The zero-order chi connectivity index (χ0) is 8.67. The van der Waals surface area contributed by atoms with Gasteiger partial charge in [0, 0.05) is 5.39 Å². The molecule has 0 bridgehead atoms. The highest BCUT2D eigenvalue weighted by Gasteiger charge is 2.11. The van der Waals surface area contributed by atoms with E-state index >= 15 is 0 Å². The van der Waals surface area contributed by atoms with Gasteiger partial charge in [-0.15, -0.1) is 6.54 Å². The predicted molar refractivity (Wildman–Crippen MR) is 51.8 cm³/mol. The van der Waals surface area contributed by atoms with Crippen LogP contribution in [-0.2, 0) is 13.0 Å². The Bertz CT molecular complexity index is 444. The molecule has 0 aliphatic carbocycles.